The first-order valence-corrected chi connectivity index (χ1v) is 10.6. The van der Waals surface area contributed by atoms with Crippen molar-refractivity contribution in [2.24, 2.45) is 35.5 Å². The minimum absolute atomic E-state index is 0.0405. The van der Waals surface area contributed by atoms with E-state index >= 15 is 0 Å². The van der Waals surface area contributed by atoms with Crippen LogP contribution in [0, 0.1) is 42.4 Å². The van der Waals surface area contributed by atoms with Crippen LogP contribution in [0.4, 0.5) is 0 Å². The zero-order valence-corrected chi connectivity index (χ0v) is 13.9. The van der Waals surface area contributed by atoms with Crippen LogP contribution >= 0.6 is 11.8 Å². The highest BCUT2D eigenvalue weighted by Crippen LogP contribution is 2.82. The van der Waals surface area contributed by atoms with Gasteiger partial charge >= 0.3 is 0 Å². The van der Waals surface area contributed by atoms with Crippen LogP contribution in [0.25, 0.3) is 0 Å². The third-order valence-corrected chi connectivity index (χ3v) is 10.3. The minimum atomic E-state index is -3.62. The van der Waals surface area contributed by atoms with Gasteiger partial charge in [-0.15, -0.1) is 0 Å². The molecule has 116 valence electrons. The van der Waals surface area contributed by atoms with Crippen LogP contribution in [0.15, 0.2) is 29.2 Å². The van der Waals surface area contributed by atoms with E-state index in [0.29, 0.717) is 27.2 Å². The molecule has 5 aliphatic rings. The number of thioether (sulfide) groups is 1. The topological polar surface area (TPSA) is 43.4 Å². The molecule has 9 atom stereocenters. The van der Waals surface area contributed by atoms with Crippen LogP contribution in [0.3, 0.4) is 0 Å². The van der Waals surface area contributed by atoms with Gasteiger partial charge in [0.15, 0.2) is 0 Å². The lowest BCUT2D eigenvalue weighted by atomic mass is 9.64. The minimum Gasteiger partial charge on any atom is -0.262 e. The lowest BCUT2D eigenvalue weighted by Crippen LogP contribution is -2.49. The molecule has 0 aromatic heterocycles. The fraction of sp³-hybridized carbons (Fsp3) is 0.647. The number of hydrogen-bond acceptors (Lipinski definition) is 4. The van der Waals surface area contributed by atoms with E-state index in [4.69, 9.17) is 4.18 Å². The Morgan fingerprint density at radius 2 is 1.77 bits per heavy atom. The van der Waals surface area contributed by atoms with Gasteiger partial charge in [-0.1, -0.05) is 17.7 Å². The predicted octanol–water partition coefficient (Wildman–Crippen LogP) is 2.69. The highest BCUT2D eigenvalue weighted by atomic mass is 32.2. The summed E-state index contributed by atoms with van der Waals surface area (Å²) in [4.78, 5) is 0.309. The van der Waals surface area contributed by atoms with Crippen LogP contribution in [-0.2, 0) is 14.3 Å². The Morgan fingerprint density at radius 1 is 1.00 bits per heavy atom. The van der Waals surface area contributed by atoms with Gasteiger partial charge in [-0.05, 0) is 49.1 Å². The molecular weight excluding hydrogens is 316 g/mol. The van der Waals surface area contributed by atoms with Crippen molar-refractivity contribution in [1.82, 2.24) is 0 Å². The summed E-state index contributed by atoms with van der Waals surface area (Å²) in [6, 6.07) is 7.02. The Bertz CT molecular complexity index is 766. The van der Waals surface area contributed by atoms with Crippen molar-refractivity contribution >= 4 is 21.9 Å². The molecule has 4 saturated carbocycles. The van der Waals surface area contributed by atoms with E-state index in [-0.39, 0.29) is 6.10 Å². The Labute approximate surface area is 134 Å². The molecule has 4 aliphatic carbocycles. The lowest BCUT2D eigenvalue weighted by molar-refractivity contribution is 0.0487. The van der Waals surface area contributed by atoms with Gasteiger partial charge in [0.05, 0.1) is 11.0 Å². The molecule has 0 N–H and O–H groups in total. The molecule has 22 heavy (non-hydrogen) atoms. The molecule has 1 aliphatic heterocycles. The lowest BCUT2D eigenvalue weighted by Gasteiger charge is -2.46. The Kier molecular flexibility index (Phi) is 2.19. The van der Waals surface area contributed by atoms with Gasteiger partial charge in [0.2, 0.25) is 0 Å². The molecule has 5 fully saturated rings. The van der Waals surface area contributed by atoms with Gasteiger partial charge in [-0.2, -0.15) is 20.2 Å². The summed E-state index contributed by atoms with van der Waals surface area (Å²) in [5, 5.41) is 1.38. The van der Waals surface area contributed by atoms with Crippen LogP contribution in [0.2, 0.25) is 0 Å². The van der Waals surface area contributed by atoms with Crippen LogP contribution in [0.5, 0.6) is 0 Å². The number of rotatable bonds is 3. The summed E-state index contributed by atoms with van der Waals surface area (Å²) in [5.41, 5.74) is 1.07. The van der Waals surface area contributed by atoms with E-state index in [1.807, 2.05) is 19.1 Å². The second kappa shape index (κ2) is 3.76. The average molecular weight is 334 g/mol. The normalized spacial score (nSPS) is 52.5. The van der Waals surface area contributed by atoms with Gasteiger partial charge in [-0.3, -0.25) is 4.18 Å². The third-order valence-electron chi connectivity index (χ3n) is 7.10. The highest BCUT2D eigenvalue weighted by Gasteiger charge is 2.82. The summed E-state index contributed by atoms with van der Waals surface area (Å²) in [6.45, 7) is 1.96. The Hall–Kier alpha value is -0.520. The van der Waals surface area contributed by atoms with Gasteiger partial charge in [0, 0.05) is 22.3 Å². The van der Waals surface area contributed by atoms with E-state index in [1.54, 1.807) is 12.1 Å². The highest BCUT2D eigenvalue weighted by molar-refractivity contribution is 8.01. The molecule has 6 rings (SSSR count). The predicted molar refractivity (Wildman–Crippen MR) is 84.0 cm³/mol. The average Bonchev–Trinajstić information content (AvgIpc) is 2.98. The molecule has 1 aromatic rings. The van der Waals surface area contributed by atoms with Crippen LogP contribution < -0.4 is 0 Å². The van der Waals surface area contributed by atoms with Crippen molar-refractivity contribution in [3.63, 3.8) is 0 Å². The monoisotopic (exact) mass is 334 g/mol. The summed E-state index contributed by atoms with van der Waals surface area (Å²) >= 11 is 2.16. The molecular formula is C17H18O3S2. The standard InChI is InChI=1S/C17H18O3S2/c1-7-2-4-8(5-3-7)22(18,19)20-15-13-9-6-10-12-11(9)14(15)17(12)21-16(10)13/h2-5,9-17H,6H2,1H3/t9-,10+,11-,12+,13-,14+,15+,16+,17-/m1/s1. The SMILES string of the molecule is Cc1ccc(S(=O)(=O)O[C@H]2[C@H]3[C@@H]4C[C@@H]5[C@@H]3S[C@@H]3[C@@H]5[C@@H]4[C@@H]23)cc1. The maximum absolute atomic E-state index is 12.7. The zero-order valence-electron chi connectivity index (χ0n) is 12.3. The first-order valence-electron chi connectivity index (χ1n) is 8.22. The Balaban J connectivity index is 1.35. The summed E-state index contributed by atoms with van der Waals surface area (Å²) in [7, 11) is -3.62. The molecule has 0 radical (unpaired) electrons. The molecule has 3 nitrogen and oxygen atoms in total. The van der Waals surface area contributed by atoms with E-state index in [2.05, 4.69) is 11.8 Å². The zero-order chi connectivity index (χ0) is 14.8. The largest absolute Gasteiger partial charge is 0.297 e. The van der Waals surface area contributed by atoms with Crippen molar-refractivity contribution in [3.05, 3.63) is 29.8 Å². The fourth-order valence-corrected chi connectivity index (χ4v) is 10.1. The van der Waals surface area contributed by atoms with Crippen molar-refractivity contribution in [1.29, 1.82) is 0 Å². The molecule has 2 bridgehead atoms. The molecule has 5 heteroatoms. The van der Waals surface area contributed by atoms with Crippen molar-refractivity contribution < 1.29 is 12.6 Å². The smallest absolute Gasteiger partial charge is 0.262 e. The molecule has 0 unspecified atom stereocenters. The van der Waals surface area contributed by atoms with E-state index < -0.39 is 10.1 Å². The van der Waals surface area contributed by atoms with E-state index in [1.165, 1.54) is 6.42 Å². The molecule has 1 saturated heterocycles. The van der Waals surface area contributed by atoms with Gasteiger partial charge < -0.3 is 0 Å². The second-order valence-electron chi connectivity index (χ2n) is 7.77. The number of hydrogen-bond donors (Lipinski definition) is 0. The second-order valence-corrected chi connectivity index (χ2v) is 10.7. The van der Waals surface area contributed by atoms with Gasteiger partial charge in [0.1, 0.15) is 0 Å². The van der Waals surface area contributed by atoms with Gasteiger partial charge in [0.25, 0.3) is 10.1 Å². The van der Waals surface area contributed by atoms with Crippen molar-refractivity contribution in [2.75, 3.05) is 0 Å². The quantitative estimate of drug-likeness (QED) is 0.797. The van der Waals surface area contributed by atoms with Crippen molar-refractivity contribution in [3.8, 4) is 0 Å². The first-order chi connectivity index (χ1) is 10.6. The number of benzene rings is 1. The maximum atomic E-state index is 12.7. The van der Waals surface area contributed by atoms with Crippen molar-refractivity contribution in [2.45, 2.75) is 34.8 Å². The first kappa shape index (κ1) is 12.8. The molecule has 0 amide bonds. The third kappa shape index (κ3) is 1.27. The summed E-state index contributed by atoms with van der Waals surface area (Å²) < 4.78 is 31.2. The van der Waals surface area contributed by atoms with Gasteiger partial charge in [-0.25, -0.2) is 0 Å². The van der Waals surface area contributed by atoms with Crippen LogP contribution in [-0.4, -0.2) is 25.0 Å². The summed E-state index contributed by atoms with van der Waals surface area (Å²) in [6.07, 6.45) is 1.30. The Morgan fingerprint density at radius 3 is 2.55 bits per heavy atom. The van der Waals surface area contributed by atoms with E-state index in [0.717, 1.165) is 29.2 Å². The number of aryl methyl sites for hydroxylation is 1. The number of fused-ring (bicyclic) bond motifs is 2. The molecule has 1 heterocycles. The molecule has 0 spiro atoms. The van der Waals surface area contributed by atoms with Crippen LogP contribution in [0.1, 0.15) is 12.0 Å². The molecule has 1 aromatic carbocycles. The maximum Gasteiger partial charge on any atom is 0.297 e. The summed E-state index contributed by atoms with van der Waals surface area (Å²) in [5.74, 6) is 4.33. The van der Waals surface area contributed by atoms with E-state index in [9.17, 15) is 8.42 Å². The fourth-order valence-electron chi connectivity index (χ4n) is 6.51.